The number of hydrogen-bond donors (Lipinski definition) is 2. The molecule has 0 fully saturated rings. The third-order valence-corrected chi connectivity index (χ3v) is 15.6. The Morgan fingerprint density at radius 3 is 1.90 bits per heavy atom. The molecule has 2 N–H and O–H groups in total. The fourth-order valence-corrected chi connectivity index (χ4v) is 11.5. The van der Waals surface area contributed by atoms with Crippen molar-refractivity contribution in [2.24, 2.45) is 0 Å². The fraction of sp³-hybridized carbons (Fsp3) is 0.312. The Kier molecular flexibility index (Phi) is 12.5. The number of allylic oxidation sites excluding steroid dienone is 7. The van der Waals surface area contributed by atoms with E-state index in [1.165, 1.54) is 4.31 Å². The van der Waals surface area contributed by atoms with Crippen molar-refractivity contribution in [1.29, 1.82) is 0 Å². The normalized spacial score (nSPS) is 18.3. The van der Waals surface area contributed by atoms with Crippen molar-refractivity contribution in [3.05, 3.63) is 161 Å². The molecular formula is C48H54N3O8S3+. The van der Waals surface area contributed by atoms with Gasteiger partial charge in [0.25, 0.3) is 30.3 Å². The molecule has 62 heavy (non-hydrogen) atoms. The Morgan fingerprint density at radius 2 is 1.23 bits per heavy atom. The zero-order valence-corrected chi connectivity index (χ0v) is 38.1. The first-order valence-corrected chi connectivity index (χ1v) is 25.4. The first-order valence-electron chi connectivity index (χ1n) is 20.7. The van der Waals surface area contributed by atoms with E-state index in [0.717, 1.165) is 45.0 Å². The number of sulfonamides is 1. The molecule has 0 saturated carbocycles. The number of likely N-dealkylation sites (N-methyl/N-ethyl adjacent to an activating group) is 1. The highest BCUT2D eigenvalue weighted by atomic mass is 32.2. The predicted molar refractivity (Wildman–Crippen MR) is 247 cm³/mol. The van der Waals surface area contributed by atoms with Gasteiger partial charge in [-0.25, -0.2) is 8.42 Å². The van der Waals surface area contributed by atoms with Crippen LogP contribution in [-0.4, -0.2) is 80.6 Å². The van der Waals surface area contributed by atoms with E-state index in [-0.39, 0.29) is 29.2 Å². The van der Waals surface area contributed by atoms with Gasteiger partial charge in [-0.05, 0) is 80.2 Å². The van der Waals surface area contributed by atoms with Crippen LogP contribution in [-0.2, 0) is 41.1 Å². The number of para-hydroxylation sites is 2. The molecule has 11 nitrogen and oxygen atoms in total. The lowest BCUT2D eigenvalue weighted by Crippen LogP contribution is -2.28. The first kappa shape index (κ1) is 44.9. The quantitative estimate of drug-likeness (QED) is 0.0639. The molecule has 0 radical (unpaired) electrons. The number of hydrogen-bond acceptors (Lipinski definition) is 7. The zero-order valence-electron chi connectivity index (χ0n) is 35.7. The second-order valence-electron chi connectivity index (χ2n) is 17.0. The molecule has 4 aromatic carbocycles. The Labute approximate surface area is 366 Å². The summed E-state index contributed by atoms with van der Waals surface area (Å²) in [5, 5.41) is 0. The molecule has 0 atom stereocenters. The molecule has 0 unspecified atom stereocenters. The second kappa shape index (κ2) is 17.2. The standard InChI is InChI=1S/C48H53N3O8S3/c1-47(2)40-23-11-13-25-42(40)50(31-15-17-33-60(52,53)54)44(47)29-27-38-36-21-9-10-22-37(36)39(46(38)49(5)62(58,59)35-19-7-6-8-20-35)28-30-45-48(3,4)41-24-12-14-26-43(41)51(45)32-16-18-34-61(55,56)57/h6-14,19-30H,15-18,31-34H2,1-5H3,(H-,52,53,54,55,56,57)/p+1. The molecule has 0 aromatic heterocycles. The smallest absolute Gasteiger partial charge is 0.264 e. The van der Waals surface area contributed by atoms with Crippen LogP contribution in [0.15, 0.2) is 144 Å². The minimum absolute atomic E-state index is 0.147. The van der Waals surface area contributed by atoms with Gasteiger partial charge in [-0.3, -0.25) is 13.4 Å². The van der Waals surface area contributed by atoms with Gasteiger partial charge in [0.2, 0.25) is 5.69 Å². The molecule has 0 bridgehead atoms. The third-order valence-electron chi connectivity index (χ3n) is 12.2. The van der Waals surface area contributed by atoms with Crippen LogP contribution in [0, 0.1) is 0 Å². The zero-order chi connectivity index (χ0) is 44.7. The summed E-state index contributed by atoms with van der Waals surface area (Å²) in [5.41, 5.74) is 8.80. The van der Waals surface area contributed by atoms with Gasteiger partial charge in [0.05, 0.1) is 27.5 Å². The van der Waals surface area contributed by atoms with Crippen LogP contribution in [0.25, 0.3) is 11.1 Å². The van der Waals surface area contributed by atoms with E-state index < -0.39 is 41.1 Å². The molecule has 7 rings (SSSR count). The van der Waals surface area contributed by atoms with Crippen LogP contribution in [0.1, 0.15) is 75.6 Å². The third kappa shape index (κ3) is 8.89. The summed E-state index contributed by atoms with van der Waals surface area (Å²) in [6.07, 6.45) is 9.66. The van der Waals surface area contributed by atoms with Crippen LogP contribution >= 0.6 is 0 Å². The van der Waals surface area contributed by atoms with E-state index in [1.54, 1.807) is 37.4 Å². The molecule has 3 aliphatic rings. The lowest BCUT2D eigenvalue weighted by molar-refractivity contribution is -0.438. The van der Waals surface area contributed by atoms with E-state index in [4.69, 9.17) is 0 Å². The summed E-state index contributed by atoms with van der Waals surface area (Å²) in [7, 11) is -10.7. The van der Waals surface area contributed by atoms with Crippen molar-refractivity contribution >= 4 is 58.5 Å². The average Bonchev–Trinajstić information content (AvgIpc) is 3.74. The summed E-state index contributed by atoms with van der Waals surface area (Å²) >= 11 is 0. The summed E-state index contributed by atoms with van der Waals surface area (Å²) in [6, 6.07) is 32.4. The average molecular weight is 897 g/mol. The van der Waals surface area contributed by atoms with Crippen LogP contribution in [0.4, 0.5) is 11.4 Å². The molecular weight excluding hydrogens is 843 g/mol. The summed E-state index contributed by atoms with van der Waals surface area (Å²) < 4.78 is 97.8. The molecule has 2 aliphatic heterocycles. The number of unbranched alkanes of at least 4 members (excludes halogenated alkanes) is 2. The highest BCUT2D eigenvalue weighted by molar-refractivity contribution is 7.89. The number of rotatable bonds is 16. The lowest BCUT2D eigenvalue weighted by Gasteiger charge is -2.27. The van der Waals surface area contributed by atoms with Crippen molar-refractivity contribution in [1.82, 2.24) is 4.31 Å². The lowest BCUT2D eigenvalue weighted by atomic mass is 9.81. The fourth-order valence-electron chi connectivity index (χ4n) is 9.10. The van der Waals surface area contributed by atoms with E-state index in [1.807, 2.05) is 85.0 Å². The highest BCUT2D eigenvalue weighted by Gasteiger charge is 2.45. The second-order valence-corrected chi connectivity index (χ2v) is 22.1. The maximum atomic E-state index is 14.6. The van der Waals surface area contributed by atoms with Gasteiger partial charge >= 0.3 is 0 Å². The van der Waals surface area contributed by atoms with Gasteiger partial charge < -0.3 is 4.90 Å². The molecule has 0 amide bonds. The van der Waals surface area contributed by atoms with Crippen molar-refractivity contribution in [2.45, 2.75) is 69.1 Å². The van der Waals surface area contributed by atoms with E-state index >= 15 is 0 Å². The Morgan fingerprint density at radius 1 is 0.645 bits per heavy atom. The van der Waals surface area contributed by atoms with Crippen LogP contribution in [0.5, 0.6) is 0 Å². The molecule has 326 valence electrons. The summed E-state index contributed by atoms with van der Waals surface area (Å²) in [5.74, 6) is -0.653. The molecule has 0 saturated heterocycles. The van der Waals surface area contributed by atoms with Crippen molar-refractivity contribution in [2.75, 3.05) is 36.5 Å². The Balaban J connectivity index is 1.40. The SMILES string of the molecule is CN(C1=C(/C=C/C2=[N+](CCCCS(=O)(=O)O)c3ccccc3C2(C)C)c2ccccc2/C1=C\C=C1\N(CCCCS(=O)(=O)O)c2ccccc2C1(C)C)S(=O)(=O)c1ccccc1. The van der Waals surface area contributed by atoms with E-state index in [2.05, 4.69) is 49.3 Å². The molecule has 14 heteroatoms. The topological polar surface area (TPSA) is 152 Å². The molecule has 1 aliphatic carbocycles. The first-order chi connectivity index (χ1) is 29.2. The highest BCUT2D eigenvalue weighted by Crippen LogP contribution is 2.50. The van der Waals surface area contributed by atoms with Crippen LogP contribution in [0.2, 0.25) is 0 Å². The Bertz CT molecular complexity index is 2890. The van der Waals surface area contributed by atoms with Gasteiger partial charge in [-0.2, -0.15) is 21.4 Å². The number of benzene rings is 4. The van der Waals surface area contributed by atoms with Gasteiger partial charge in [0.15, 0.2) is 5.71 Å². The van der Waals surface area contributed by atoms with Crippen molar-refractivity contribution in [3.63, 3.8) is 0 Å². The van der Waals surface area contributed by atoms with Gasteiger partial charge in [0, 0.05) is 65.7 Å². The molecule has 2 heterocycles. The van der Waals surface area contributed by atoms with Crippen LogP contribution in [0.3, 0.4) is 0 Å². The minimum atomic E-state index is -4.10. The summed E-state index contributed by atoms with van der Waals surface area (Å²) in [6.45, 7) is 9.57. The summed E-state index contributed by atoms with van der Waals surface area (Å²) in [4.78, 5) is 2.33. The van der Waals surface area contributed by atoms with Crippen LogP contribution < -0.4 is 4.90 Å². The van der Waals surface area contributed by atoms with Gasteiger partial charge in [-0.15, -0.1) is 0 Å². The number of anilines is 1. The largest absolute Gasteiger partial charge is 0.344 e. The number of fused-ring (bicyclic) bond motifs is 3. The van der Waals surface area contributed by atoms with Gasteiger partial charge in [0.1, 0.15) is 6.54 Å². The van der Waals surface area contributed by atoms with Gasteiger partial charge in [-0.1, -0.05) is 98.8 Å². The monoisotopic (exact) mass is 896 g/mol. The Hall–Kier alpha value is -5.12. The maximum absolute atomic E-state index is 14.6. The van der Waals surface area contributed by atoms with Crippen molar-refractivity contribution in [3.8, 4) is 0 Å². The van der Waals surface area contributed by atoms with Crippen molar-refractivity contribution < 1.29 is 38.9 Å². The maximum Gasteiger partial charge on any atom is 0.264 e. The minimum Gasteiger partial charge on any atom is -0.344 e. The van der Waals surface area contributed by atoms with E-state index in [9.17, 15) is 34.4 Å². The van der Waals surface area contributed by atoms with E-state index in [0.29, 0.717) is 42.8 Å². The number of nitrogens with zero attached hydrogens (tertiary/aromatic N) is 3. The molecule has 4 aromatic rings. The molecule has 0 spiro atoms. The predicted octanol–water partition coefficient (Wildman–Crippen LogP) is 8.77.